The lowest BCUT2D eigenvalue weighted by Gasteiger charge is -2.02. The van der Waals surface area contributed by atoms with Crippen LogP contribution in [0.3, 0.4) is 0 Å². The Bertz CT molecular complexity index is 359. The molecule has 4 nitrogen and oxygen atoms in total. The lowest BCUT2D eigenvalue weighted by atomic mass is 10.1. The molecule has 4 heteroatoms. The van der Waals surface area contributed by atoms with Crippen molar-refractivity contribution in [2.24, 2.45) is 0 Å². The summed E-state index contributed by atoms with van der Waals surface area (Å²) in [5.41, 5.74) is 0.612. The molecule has 0 bridgehead atoms. The van der Waals surface area contributed by atoms with Crippen molar-refractivity contribution < 1.29 is 14.3 Å². The van der Waals surface area contributed by atoms with Gasteiger partial charge in [-0.25, -0.2) is 4.98 Å². The zero-order chi connectivity index (χ0) is 12.5. The first-order valence-corrected chi connectivity index (χ1v) is 5.75. The zero-order valence-electron chi connectivity index (χ0n) is 10.0. The van der Waals surface area contributed by atoms with E-state index in [1.54, 1.807) is 12.1 Å². The average Bonchev–Trinajstić information content (AvgIpc) is 2.38. The Labute approximate surface area is 101 Å². The molecule has 0 fully saturated rings. The van der Waals surface area contributed by atoms with Gasteiger partial charge in [-0.2, -0.15) is 0 Å². The van der Waals surface area contributed by atoms with Crippen molar-refractivity contribution in [3.8, 4) is 5.88 Å². The summed E-state index contributed by atoms with van der Waals surface area (Å²) in [5.74, 6) is 0.596. The predicted molar refractivity (Wildman–Crippen MR) is 64.3 cm³/mol. The van der Waals surface area contributed by atoms with Crippen molar-refractivity contribution in [2.45, 2.75) is 32.1 Å². The van der Waals surface area contributed by atoms with Crippen LogP contribution in [0.4, 0.5) is 0 Å². The topological polar surface area (TPSA) is 56.3 Å². The van der Waals surface area contributed by atoms with E-state index in [4.69, 9.17) is 4.74 Å². The van der Waals surface area contributed by atoms with Crippen molar-refractivity contribution in [1.29, 1.82) is 0 Å². The largest absolute Gasteiger partial charge is 0.481 e. The second-order valence-electron chi connectivity index (χ2n) is 3.78. The number of ether oxygens (including phenoxy) is 1. The number of carbonyl (C=O) groups excluding carboxylic acids is 2. The minimum Gasteiger partial charge on any atom is -0.481 e. The van der Waals surface area contributed by atoms with Crippen LogP contribution >= 0.6 is 0 Å². The van der Waals surface area contributed by atoms with Gasteiger partial charge in [0.05, 0.1) is 7.11 Å². The predicted octanol–water partition coefficient (Wildman–Crippen LogP) is 2.42. The van der Waals surface area contributed by atoms with Crippen molar-refractivity contribution in [3.63, 3.8) is 0 Å². The number of aldehydes is 1. The molecular formula is C13H17NO3. The Morgan fingerprint density at radius 2 is 2.18 bits per heavy atom. The standard InChI is InChI=1S/C13H17NO3/c1-17-13-8-7-11(10-14-13)12(16)6-4-2-3-5-9-15/h7-10H,2-6H2,1H3. The minimum absolute atomic E-state index is 0.0891. The second-order valence-corrected chi connectivity index (χ2v) is 3.78. The molecule has 1 rings (SSSR count). The van der Waals surface area contributed by atoms with E-state index in [2.05, 4.69) is 4.98 Å². The molecule has 0 amide bonds. The van der Waals surface area contributed by atoms with E-state index in [-0.39, 0.29) is 5.78 Å². The van der Waals surface area contributed by atoms with Gasteiger partial charge in [-0.1, -0.05) is 6.42 Å². The maximum Gasteiger partial charge on any atom is 0.212 e. The monoisotopic (exact) mass is 235 g/mol. The number of carbonyl (C=O) groups is 2. The van der Waals surface area contributed by atoms with Crippen LogP contribution < -0.4 is 4.74 Å². The first-order valence-electron chi connectivity index (χ1n) is 5.75. The number of ketones is 1. The van der Waals surface area contributed by atoms with Crippen LogP contribution in [0.2, 0.25) is 0 Å². The number of pyridine rings is 1. The third kappa shape index (κ3) is 4.76. The molecule has 0 atom stereocenters. The van der Waals surface area contributed by atoms with Gasteiger partial charge in [-0.3, -0.25) is 4.79 Å². The molecule has 1 heterocycles. The van der Waals surface area contributed by atoms with Crippen LogP contribution in [0.5, 0.6) is 5.88 Å². The number of hydrogen-bond donors (Lipinski definition) is 0. The zero-order valence-corrected chi connectivity index (χ0v) is 10.0. The lowest BCUT2D eigenvalue weighted by Crippen LogP contribution is -2.00. The van der Waals surface area contributed by atoms with Crippen LogP contribution in [0.15, 0.2) is 18.3 Å². The third-order valence-electron chi connectivity index (χ3n) is 2.49. The fraction of sp³-hybridized carbons (Fsp3) is 0.462. The number of Topliss-reactive ketones (excluding diaryl/α,β-unsaturated/α-hetero) is 1. The van der Waals surface area contributed by atoms with E-state index in [0.29, 0.717) is 24.3 Å². The Hall–Kier alpha value is -1.71. The molecule has 0 unspecified atom stereocenters. The molecule has 0 N–H and O–H groups in total. The summed E-state index contributed by atoms with van der Waals surface area (Å²) in [6, 6.07) is 3.40. The van der Waals surface area contributed by atoms with Crippen LogP contribution in [0.25, 0.3) is 0 Å². The van der Waals surface area contributed by atoms with Crippen LogP contribution in [0, 0.1) is 0 Å². The first kappa shape index (κ1) is 13.4. The van der Waals surface area contributed by atoms with E-state index in [0.717, 1.165) is 25.5 Å². The van der Waals surface area contributed by atoms with Gasteiger partial charge >= 0.3 is 0 Å². The summed E-state index contributed by atoms with van der Waals surface area (Å²) in [5, 5.41) is 0. The molecule has 0 saturated heterocycles. The van der Waals surface area contributed by atoms with E-state index in [1.807, 2.05) is 0 Å². The number of methoxy groups -OCH3 is 1. The molecule has 17 heavy (non-hydrogen) atoms. The van der Waals surface area contributed by atoms with Gasteiger partial charge in [0.2, 0.25) is 5.88 Å². The highest BCUT2D eigenvalue weighted by atomic mass is 16.5. The van der Waals surface area contributed by atoms with Crippen molar-refractivity contribution >= 4 is 12.1 Å². The number of unbranched alkanes of at least 4 members (excludes halogenated alkanes) is 3. The van der Waals surface area contributed by atoms with Gasteiger partial charge < -0.3 is 9.53 Å². The summed E-state index contributed by atoms with van der Waals surface area (Å²) in [6.45, 7) is 0. The second kappa shape index (κ2) is 7.54. The molecule has 1 aromatic rings. The molecule has 1 aromatic heterocycles. The van der Waals surface area contributed by atoms with E-state index in [1.165, 1.54) is 13.3 Å². The average molecular weight is 235 g/mol. The summed E-state index contributed by atoms with van der Waals surface area (Å²) in [4.78, 5) is 25.8. The van der Waals surface area contributed by atoms with Crippen LogP contribution in [0.1, 0.15) is 42.5 Å². The summed E-state index contributed by atoms with van der Waals surface area (Å²) >= 11 is 0. The smallest absolute Gasteiger partial charge is 0.212 e. The summed E-state index contributed by atoms with van der Waals surface area (Å²) in [6.07, 6.45) is 6.12. The number of aromatic nitrogens is 1. The van der Waals surface area contributed by atoms with E-state index >= 15 is 0 Å². The van der Waals surface area contributed by atoms with Gasteiger partial charge in [-0.15, -0.1) is 0 Å². The number of rotatable bonds is 8. The molecule has 0 aliphatic carbocycles. The highest BCUT2D eigenvalue weighted by molar-refractivity contribution is 5.95. The molecule has 0 aliphatic heterocycles. The molecule has 0 aromatic carbocycles. The van der Waals surface area contributed by atoms with Gasteiger partial charge in [0.25, 0.3) is 0 Å². The van der Waals surface area contributed by atoms with Crippen molar-refractivity contribution in [1.82, 2.24) is 4.98 Å². The van der Waals surface area contributed by atoms with E-state index in [9.17, 15) is 9.59 Å². The van der Waals surface area contributed by atoms with Crippen LogP contribution in [-0.2, 0) is 4.79 Å². The molecule has 0 radical (unpaired) electrons. The molecule has 92 valence electrons. The lowest BCUT2D eigenvalue weighted by molar-refractivity contribution is -0.107. The normalized spacial score (nSPS) is 9.94. The van der Waals surface area contributed by atoms with Gasteiger partial charge in [0.1, 0.15) is 6.29 Å². The fourth-order valence-corrected chi connectivity index (χ4v) is 1.50. The Balaban J connectivity index is 2.33. The van der Waals surface area contributed by atoms with Gasteiger partial charge in [0, 0.05) is 30.7 Å². The van der Waals surface area contributed by atoms with Gasteiger partial charge in [-0.05, 0) is 18.9 Å². The Morgan fingerprint density at radius 1 is 1.35 bits per heavy atom. The van der Waals surface area contributed by atoms with Crippen LogP contribution in [-0.4, -0.2) is 24.2 Å². The SMILES string of the molecule is COc1ccc(C(=O)CCCCCC=O)cn1. The van der Waals surface area contributed by atoms with E-state index < -0.39 is 0 Å². The summed E-state index contributed by atoms with van der Waals surface area (Å²) < 4.78 is 4.92. The maximum absolute atomic E-state index is 11.7. The van der Waals surface area contributed by atoms with Gasteiger partial charge in [0.15, 0.2) is 5.78 Å². The molecular weight excluding hydrogens is 218 g/mol. The fourth-order valence-electron chi connectivity index (χ4n) is 1.50. The maximum atomic E-state index is 11.7. The highest BCUT2D eigenvalue weighted by Crippen LogP contribution is 2.11. The highest BCUT2D eigenvalue weighted by Gasteiger charge is 2.06. The number of hydrogen-bond acceptors (Lipinski definition) is 4. The molecule has 0 saturated carbocycles. The Morgan fingerprint density at radius 3 is 2.76 bits per heavy atom. The minimum atomic E-state index is 0.0891. The summed E-state index contributed by atoms with van der Waals surface area (Å²) in [7, 11) is 1.54. The first-order chi connectivity index (χ1) is 8.27. The third-order valence-corrected chi connectivity index (χ3v) is 2.49. The van der Waals surface area contributed by atoms with Crippen molar-refractivity contribution in [2.75, 3.05) is 7.11 Å². The quantitative estimate of drug-likeness (QED) is 0.394. The Kier molecular flexibility index (Phi) is 5.93. The molecule has 0 aliphatic rings. The van der Waals surface area contributed by atoms with Crippen molar-refractivity contribution in [3.05, 3.63) is 23.9 Å². The number of nitrogens with zero attached hydrogens (tertiary/aromatic N) is 1. The molecule has 0 spiro atoms.